The summed E-state index contributed by atoms with van der Waals surface area (Å²) >= 11 is 0. The van der Waals surface area contributed by atoms with E-state index in [0.717, 1.165) is 12.1 Å². The van der Waals surface area contributed by atoms with Gasteiger partial charge in [0.05, 0.1) is 6.10 Å². The Morgan fingerprint density at radius 1 is 1.39 bits per heavy atom. The molecule has 1 saturated heterocycles. The number of aliphatic hydroxyl groups excluding tert-OH is 1. The Hall–Kier alpha value is -1.49. The van der Waals surface area contributed by atoms with Gasteiger partial charge >= 0.3 is 0 Å². The number of halogens is 2. The lowest BCUT2D eigenvalue weighted by atomic mass is 10.1. The summed E-state index contributed by atoms with van der Waals surface area (Å²) in [5.41, 5.74) is 0.599. The maximum absolute atomic E-state index is 13.0. The van der Waals surface area contributed by atoms with Crippen molar-refractivity contribution in [2.75, 3.05) is 13.1 Å². The molecule has 1 atom stereocenters. The number of β-amino-alcohol motifs (C(OH)–C–C–N with tert-alkyl or cyclic N) is 1. The van der Waals surface area contributed by atoms with Gasteiger partial charge in [-0.3, -0.25) is 4.79 Å². The maximum atomic E-state index is 13.0. The van der Waals surface area contributed by atoms with E-state index in [9.17, 15) is 18.7 Å². The predicted octanol–water partition coefficient (Wildman–Crippen LogP) is 1.49. The lowest BCUT2D eigenvalue weighted by Gasteiger charge is -2.15. The topological polar surface area (TPSA) is 40.5 Å². The van der Waals surface area contributed by atoms with E-state index < -0.39 is 17.7 Å². The summed E-state index contributed by atoms with van der Waals surface area (Å²) in [4.78, 5) is 13.4. The summed E-state index contributed by atoms with van der Waals surface area (Å²) in [5, 5.41) is 9.32. The van der Waals surface area contributed by atoms with Crippen LogP contribution in [-0.2, 0) is 11.2 Å². The third kappa shape index (κ3) is 3.04. The standard InChI is InChI=1S/C13H15F2NO2/c14-11-3-1-9(7-12(11)15)2-4-13(18)16-6-5-10(17)8-16/h1,3,7,10,17H,2,4-6,8H2/t10-/m0/s1. The SMILES string of the molecule is O=C(CCc1ccc(F)c(F)c1)N1CC[C@H](O)C1. The smallest absolute Gasteiger partial charge is 0.222 e. The normalized spacial score (nSPS) is 19.3. The van der Waals surface area contributed by atoms with Crippen molar-refractivity contribution in [2.24, 2.45) is 0 Å². The second-order valence-corrected chi connectivity index (χ2v) is 4.53. The Morgan fingerprint density at radius 2 is 2.17 bits per heavy atom. The molecule has 1 aliphatic rings. The van der Waals surface area contributed by atoms with Crippen molar-refractivity contribution in [3.63, 3.8) is 0 Å². The number of likely N-dealkylation sites (tertiary alicyclic amines) is 1. The zero-order valence-electron chi connectivity index (χ0n) is 9.90. The third-order valence-corrected chi connectivity index (χ3v) is 3.13. The van der Waals surface area contributed by atoms with Gasteiger partial charge in [0.1, 0.15) is 0 Å². The van der Waals surface area contributed by atoms with E-state index in [1.807, 2.05) is 0 Å². The van der Waals surface area contributed by atoms with Crippen LogP contribution in [-0.4, -0.2) is 35.1 Å². The molecule has 1 fully saturated rings. The van der Waals surface area contributed by atoms with Gasteiger partial charge in [-0.2, -0.15) is 0 Å². The molecule has 0 unspecified atom stereocenters. The molecule has 0 radical (unpaired) electrons. The highest BCUT2D eigenvalue weighted by Crippen LogP contribution is 2.14. The van der Waals surface area contributed by atoms with Gasteiger partial charge in [0.25, 0.3) is 0 Å². The van der Waals surface area contributed by atoms with Crippen LogP contribution < -0.4 is 0 Å². The summed E-state index contributed by atoms with van der Waals surface area (Å²) in [5.74, 6) is -1.83. The van der Waals surface area contributed by atoms with Gasteiger partial charge < -0.3 is 10.0 Å². The van der Waals surface area contributed by atoms with Gasteiger partial charge in [0, 0.05) is 19.5 Å². The average molecular weight is 255 g/mol. The van der Waals surface area contributed by atoms with E-state index in [1.165, 1.54) is 6.07 Å². The Morgan fingerprint density at radius 3 is 2.78 bits per heavy atom. The van der Waals surface area contributed by atoms with Gasteiger partial charge in [-0.15, -0.1) is 0 Å². The van der Waals surface area contributed by atoms with Gasteiger partial charge in [-0.05, 0) is 30.5 Å². The Balaban J connectivity index is 1.87. The number of hydrogen-bond acceptors (Lipinski definition) is 2. The van der Waals surface area contributed by atoms with Crippen molar-refractivity contribution in [3.8, 4) is 0 Å². The van der Waals surface area contributed by atoms with E-state index in [4.69, 9.17) is 0 Å². The summed E-state index contributed by atoms with van der Waals surface area (Å²) < 4.78 is 25.7. The van der Waals surface area contributed by atoms with Crippen molar-refractivity contribution in [3.05, 3.63) is 35.4 Å². The highest BCUT2D eigenvalue weighted by Gasteiger charge is 2.23. The first-order valence-corrected chi connectivity index (χ1v) is 5.96. The average Bonchev–Trinajstić information content (AvgIpc) is 2.77. The lowest BCUT2D eigenvalue weighted by molar-refractivity contribution is -0.130. The molecule has 18 heavy (non-hydrogen) atoms. The quantitative estimate of drug-likeness (QED) is 0.889. The number of aryl methyl sites for hydroxylation is 1. The first-order chi connectivity index (χ1) is 8.56. The second kappa shape index (κ2) is 5.44. The lowest BCUT2D eigenvalue weighted by Crippen LogP contribution is -2.29. The molecule has 1 aliphatic heterocycles. The molecule has 0 bridgehead atoms. The number of hydrogen-bond donors (Lipinski definition) is 1. The van der Waals surface area contributed by atoms with E-state index >= 15 is 0 Å². The van der Waals surface area contributed by atoms with E-state index in [2.05, 4.69) is 0 Å². The van der Waals surface area contributed by atoms with Crippen LogP contribution in [0.3, 0.4) is 0 Å². The number of rotatable bonds is 3. The van der Waals surface area contributed by atoms with E-state index in [1.54, 1.807) is 4.90 Å². The third-order valence-electron chi connectivity index (χ3n) is 3.13. The highest BCUT2D eigenvalue weighted by molar-refractivity contribution is 5.76. The molecule has 0 aliphatic carbocycles. The van der Waals surface area contributed by atoms with Gasteiger partial charge in [-0.1, -0.05) is 6.07 Å². The Kier molecular flexibility index (Phi) is 3.91. The van der Waals surface area contributed by atoms with Crippen molar-refractivity contribution < 1.29 is 18.7 Å². The molecule has 98 valence electrons. The molecule has 0 aromatic heterocycles. The largest absolute Gasteiger partial charge is 0.391 e. The highest BCUT2D eigenvalue weighted by atomic mass is 19.2. The van der Waals surface area contributed by atoms with Crippen molar-refractivity contribution >= 4 is 5.91 Å². The summed E-state index contributed by atoms with van der Waals surface area (Å²) in [6, 6.07) is 3.65. The first-order valence-electron chi connectivity index (χ1n) is 5.96. The molecule has 0 saturated carbocycles. The maximum Gasteiger partial charge on any atom is 0.222 e. The van der Waals surface area contributed by atoms with Crippen LogP contribution in [0.25, 0.3) is 0 Å². The fourth-order valence-electron chi connectivity index (χ4n) is 2.07. The Bertz CT molecular complexity index is 451. The fraction of sp³-hybridized carbons (Fsp3) is 0.462. The van der Waals surface area contributed by atoms with E-state index in [0.29, 0.717) is 31.5 Å². The molecular weight excluding hydrogens is 240 g/mol. The molecular formula is C13H15F2NO2. The van der Waals surface area contributed by atoms with Crippen LogP contribution >= 0.6 is 0 Å². The van der Waals surface area contributed by atoms with Crippen LogP contribution in [0.2, 0.25) is 0 Å². The minimum Gasteiger partial charge on any atom is -0.391 e. The number of aliphatic hydroxyl groups is 1. The number of carbonyl (C=O) groups is 1. The van der Waals surface area contributed by atoms with Crippen LogP contribution in [0, 0.1) is 11.6 Å². The molecule has 2 rings (SSSR count). The summed E-state index contributed by atoms with van der Waals surface area (Å²) in [6.07, 6.45) is 0.800. The van der Waals surface area contributed by atoms with E-state index in [-0.39, 0.29) is 12.3 Å². The first kappa shape index (κ1) is 13.0. The van der Waals surface area contributed by atoms with Crippen molar-refractivity contribution in [2.45, 2.75) is 25.4 Å². The molecule has 1 heterocycles. The number of carbonyl (C=O) groups excluding carboxylic acids is 1. The molecule has 1 aromatic carbocycles. The molecule has 1 aromatic rings. The molecule has 3 nitrogen and oxygen atoms in total. The zero-order chi connectivity index (χ0) is 13.1. The number of benzene rings is 1. The molecule has 5 heteroatoms. The summed E-state index contributed by atoms with van der Waals surface area (Å²) in [7, 11) is 0. The van der Waals surface area contributed by atoms with Crippen LogP contribution in [0.15, 0.2) is 18.2 Å². The minimum atomic E-state index is -0.892. The molecule has 0 spiro atoms. The second-order valence-electron chi connectivity index (χ2n) is 4.53. The number of nitrogens with zero attached hydrogens (tertiary/aromatic N) is 1. The van der Waals surface area contributed by atoms with Crippen LogP contribution in [0.1, 0.15) is 18.4 Å². The van der Waals surface area contributed by atoms with Crippen LogP contribution in [0.4, 0.5) is 8.78 Å². The fourth-order valence-corrected chi connectivity index (χ4v) is 2.07. The minimum absolute atomic E-state index is 0.0590. The Labute approximate surface area is 104 Å². The van der Waals surface area contributed by atoms with Crippen molar-refractivity contribution in [1.29, 1.82) is 0 Å². The van der Waals surface area contributed by atoms with Gasteiger partial charge in [0.15, 0.2) is 11.6 Å². The molecule has 1 amide bonds. The van der Waals surface area contributed by atoms with Gasteiger partial charge in [-0.25, -0.2) is 8.78 Å². The van der Waals surface area contributed by atoms with Gasteiger partial charge in [0.2, 0.25) is 5.91 Å². The monoisotopic (exact) mass is 255 g/mol. The zero-order valence-corrected chi connectivity index (χ0v) is 9.90. The predicted molar refractivity (Wildman–Crippen MR) is 61.9 cm³/mol. The summed E-state index contributed by atoms with van der Waals surface area (Å²) in [6.45, 7) is 0.939. The number of amides is 1. The van der Waals surface area contributed by atoms with Crippen LogP contribution in [0.5, 0.6) is 0 Å². The molecule has 1 N–H and O–H groups in total. The van der Waals surface area contributed by atoms with Crippen molar-refractivity contribution in [1.82, 2.24) is 4.90 Å².